The highest BCUT2D eigenvalue weighted by Gasteiger charge is 2.15. The lowest BCUT2D eigenvalue weighted by Gasteiger charge is -2.14. The van der Waals surface area contributed by atoms with Crippen LogP contribution in [0.25, 0.3) is 0 Å². The molecule has 0 spiro atoms. The number of aryl methyl sites for hydroxylation is 1. The fourth-order valence-electron chi connectivity index (χ4n) is 1.91. The van der Waals surface area contributed by atoms with Gasteiger partial charge in [0.25, 0.3) is 0 Å². The molecule has 1 heterocycles. The van der Waals surface area contributed by atoms with E-state index in [2.05, 4.69) is 15.5 Å². The van der Waals surface area contributed by atoms with Crippen molar-refractivity contribution in [3.8, 4) is 17.2 Å². The fourth-order valence-corrected chi connectivity index (χ4v) is 1.91. The van der Waals surface area contributed by atoms with E-state index < -0.39 is 0 Å². The van der Waals surface area contributed by atoms with Gasteiger partial charge < -0.3 is 24.1 Å². The van der Waals surface area contributed by atoms with Gasteiger partial charge in [0.2, 0.25) is 17.5 Å². The Morgan fingerprint density at radius 1 is 1.18 bits per heavy atom. The largest absolute Gasteiger partial charge is 0.493 e. The number of carbonyl (C=O) groups is 1. The zero-order valence-corrected chi connectivity index (χ0v) is 12.8. The second-order valence-corrected chi connectivity index (χ2v) is 4.37. The molecule has 0 atom stereocenters. The van der Waals surface area contributed by atoms with Crippen LogP contribution in [0.15, 0.2) is 16.7 Å². The minimum Gasteiger partial charge on any atom is -0.493 e. The SMILES string of the molecule is COc1cc(NC(=O)Cc2nc(C)no2)cc(OC)c1OC. The van der Waals surface area contributed by atoms with E-state index in [1.807, 2.05) is 0 Å². The number of ether oxygens (including phenoxy) is 3. The highest BCUT2D eigenvalue weighted by molar-refractivity contribution is 5.92. The smallest absolute Gasteiger partial charge is 0.236 e. The Bertz CT molecular complexity index is 643. The molecular weight excluding hydrogens is 290 g/mol. The van der Waals surface area contributed by atoms with E-state index >= 15 is 0 Å². The second kappa shape index (κ2) is 6.79. The minimum absolute atomic E-state index is 0.0164. The van der Waals surface area contributed by atoms with Crippen LogP contribution in [0, 0.1) is 6.92 Å². The number of hydrogen-bond donors (Lipinski definition) is 1. The molecule has 0 bridgehead atoms. The third-order valence-corrected chi connectivity index (χ3v) is 2.83. The van der Waals surface area contributed by atoms with Gasteiger partial charge in [0.15, 0.2) is 17.3 Å². The first-order chi connectivity index (χ1) is 10.6. The van der Waals surface area contributed by atoms with Crippen molar-refractivity contribution in [1.82, 2.24) is 10.1 Å². The Balaban J connectivity index is 2.16. The first-order valence-corrected chi connectivity index (χ1v) is 6.46. The predicted molar refractivity (Wildman–Crippen MR) is 77.5 cm³/mol. The summed E-state index contributed by atoms with van der Waals surface area (Å²) in [6, 6.07) is 3.27. The lowest BCUT2D eigenvalue weighted by Crippen LogP contribution is -2.15. The third-order valence-electron chi connectivity index (χ3n) is 2.83. The van der Waals surface area contributed by atoms with Gasteiger partial charge in [-0.3, -0.25) is 4.79 Å². The van der Waals surface area contributed by atoms with Gasteiger partial charge in [0, 0.05) is 17.8 Å². The lowest BCUT2D eigenvalue weighted by molar-refractivity contribution is -0.115. The van der Waals surface area contributed by atoms with Crippen LogP contribution < -0.4 is 19.5 Å². The number of rotatable bonds is 6. The van der Waals surface area contributed by atoms with Gasteiger partial charge in [-0.05, 0) is 6.92 Å². The van der Waals surface area contributed by atoms with E-state index in [4.69, 9.17) is 18.7 Å². The zero-order chi connectivity index (χ0) is 16.1. The van der Waals surface area contributed by atoms with Crippen LogP contribution in [-0.2, 0) is 11.2 Å². The molecule has 0 radical (unpaired) electrons. The van der Waals surface area contributed by atoms with Crippen molar-refractivity contribution in [2.45, 2.75) is 13.3 Å². The summed E-state index contributed by atoms with van der Waals surface area (Å²) >= 11 is 0. The van der Waals surface area contributed by atoms with E-state index in [0.717, 1.165) is 0 Å². The first-order valence-electron chi connectivity index (χ1n) is 6.46. The quantitative estimate of drug-likeness (QED) is 0.865. The van der Waals surface area contributed by atoms with Crippen molar-refractivity contribution in [2.75, 3.05) is 26.6 Å². The molecule has 0 fully saturated rings. The van der Waals surface area contributed by atoms with Crippen LogP contribution in [0.5, 0.6) is 17.2 Å². The van der Waals surface area contributed by atoms with Gasteiger partial charge >= 0.3 is 0 Å². The molecule has 22 heavy (non-hydrogen) atoms. The molecule has 8 heteroatoms. The molecule has 1 amide bonds. The van der Waals surface area contributed by atoms with Crippen LogP contribution in [0.4, 0.5) is 5.69 Å². The molecule has 8 nitrogen and oxygen atoms in total. The van der Waals surface area contributed by atoms with E-state index in [-0.39, 0.29) is 18.2 Å². The zero-order valence-electron chi connectivity index (χ0n) is 12.8. The van der Waals surface area contributed by atoms with Crippen LogP contribution in [0.1, 0.15) is 11.7 Å². The minimum atomic E-state index is -0.294. The number of benzene rings is 1. The van der Waals surface area contributed by atoms with Gasteiger partial charge in [0.1, 0.15) is 6.42 Å². The summed E-state index contributed by atoms with van der Waals surface area (Å²) in [5.74, 6) is 1.79. The van der Waals surface area contributed by atoms with Crippen molar-refractivity contribution in [3.63, 3.8) is 0 Å². The molecule has 2 aromatic rings. The number of nitrogens with one attached hydrogen (secondary N) is 1. The van der Waals surface area contributed by atoms with Crippen LogP contribution in [0.3, 0.4) is 0 Å². The lowest BCUT2D eigenvalue weighted by atomic mass is 10.2. The maximum Gasteiger partial charge on any atom is 0.236 e. The van der Waals surface area contributed by atoms with Crippen molar-refractivity contribution >= 4 is 11.6 Å². The Kier molecular flexibility index (Phi) is 4.82. The molecule has 1 N–H and O–H groups in total. The highest BCUT2D eigenvalue weighted by Crippen LogP contribution is 2.39. The molecule has 0 aliphatic carbocycles. The molecule has 0 saturated heterocycles. The molecule has 0 aliphatic rings. The molecule has 2 rings (SSSR count). The Morgan fingerprint density at radius 2 is 1.82 bits per heavy atom. The molecule has 118 valence electrons. The predicted octanol–water partition coefficient (Wildman–Crippen LogP) is 1.59. The maximum absolute atomic E-state index is 12.0. The van der Waals surface area contributed by atoms with Crippen molar-refractivity contribution < 1.29 is 23.5 Å². The van der Waals surface area contributed by atoms with Gasteiger partial charge in [-0.25, -0.2) is 0 Å². The summed E-state index contributed by atoms with van der Waals surface area (Å²) in [4.78, 5) is 16.0. The normalized spacial score (nSPS) is 10.2. The number of aromatic nitrogens is 2. The highest BCUT2D eigenvalue weighted by atomic mass is 16.5. The summed E-state index contributed by atoms with van der Waals surface area (Å²) in [7, 11) is 4.52. The fraction of sp³-hybridized carbons (Fsp3) is 0.357. The molecule has 0 saturated carbocycles. The average Bonchev–Trinajstić information content (AvgIpc) is 2.90. The maximum atomic E-state index is 12.0. The summed E-state index contributed by atoms with van der Waals surface area (Å²) < 4.78 is 20.6. The van der Waals surface area contributed by atoms with Gasteiger partial charge in [-0.15, -0.1) is 0 Å². The van der Waals surface area contributed by atoms with Crippen LogP contribution >= 0.6 is 0 Å². The Morgan fingerprint density at radius 3 is 2.27 bits per heavy atom. The van der Waals surface area contributed by atoms with Crippen LogP contribution in [0.2, 0.25) is 0 Å². The summed E-state index contributed by atoms with van der Waals surface area (Å²) in [5.41, 5.74) is 0.510. The van der Waals surface area contributed by atoms with Gasteiger partial charge in [-0.2, -0.15) is 4.98 Å². The number of hydrogen-bond acceptors (Lipinski definition) is 7. The molecule has 1 aromatic heterocycles. The number of carbonyl (C=O) groups excluding carboxylic acids is 1. The number of methoxy groups -OCH3 is 3. The van der Waals surface area contributed by atoms with Crippen molar-refractivity contribution in [2.24, 2.45) is 0 Å². The van der Waals surface area contributed by atoms with E-state index in [1.165, 1.54) is 21.3 Å². The topological polar surface area (TPSA) is 95.7 Å². The monoisotopic (exact) mass is 307 g/mol. The van der Waals surface area contributed by atoms with Crippen molar-refractivity contribution in [1.29, 1.82) is 0 Å². The first kappa shape index (κ1) is 15.6. The number of anilines is 1. The number of nitrogens with zero attached hydrogens (tertiary/aromatic N) is 2. The summed E-state index contributed by atoms with van der Waals surface area (Å²) in [6.07, 6.45) is -0.0164. The summed E-state index contributed by atoms with van der Waals surface area (Å²) in [5, 5.41) is 6.35. The molecule has 1 aromatic carbocycles. The number of amides is 1. The molecule has 0 unspecified atom stereocenters. The average molecular weight is 307 g/mol. The second-order valence-electron chi connectivity index (χ2n) is 4.37. The van der Waals surface area contributed by atoms with Crippen molar-refractivity contribution in [3.05, 3.63) is 23.8 Å². The Hall–Kier alpha value is -2.77. The van der Waals surface area contributed by atoms with Gasteiger partial charge in [0.05, 0.1) is 21.3 Å². The molecule has 0 aliphatic heterocycles. The van der Waals surface area contributed by atoms with E-state index in [1.54, 1.807) is 19.1 Å². The van der Waals surface area contributed by atoms with Gasteiger partial charge in [-0.1, -0.05) is 5.16 Å². The standard InChI is InChI=1S/C14H17N3O5/c1-8-15-13(22-17-8)7-12(18)16-9-5-10(19-2)14(21-4)11(6-9)20-3/h5-6H,7H2,1-4H3,(H,16,18). The van der Waals surface area contributed by atoms with E-state index in [0.29, 0.717) is 28.8 Å². The third kappa shape index (κ3) is 3.46. The van der Waals surface area contributed by atoms with Crippen LogP contribution in [-0.4, -0.2) is 37.4 Å². The van der Waals surface area contributed by atoms with E-state index in [9.17, 15) is 4.79 Å². The summed E-state index contributed by atoms with van der Waals surface area (Å²) in [6.45, 7) is 1.68. The molecular formula is C14H17N3O5. The Labute approximate surface area is 127 Å².